The molecule has 0 spiro atoms. The Bertz CT molecular complexity index is 371. The maximum Gasteiger partial charge on any atom is 0.115 e. The van der Waals surface area contributed by atoms with Gasteiger partial charge in [-0.15, -0.1) is 0 Å². The van der Waals surface area contributed by atoms with E-state index in [1.54, 1.807) is 12.1 Å². The van der Waals surface area contributed by atoms with Gasteiger partial charge in [0.1, 0.15) is 5.75 Å². The molecule has 0 amide bonds. The van der Waals surface area contributed by atoms with Crippen LogP contribution < -0.4 is 5.32 Å². The number of ether oxygens (including phenoxy) is 1. The number of nitrogens with one attached hydrogen (secondary N) is 1. The van der Waals surface area contributed by atoms with Crippen LogP contribution in [0.25, 0.3) is 0 Å². The number of aryl methyl sites for hydroxylation is 1. The van der Waals surface area contributed by atoms with Crippen LogP contribution in [0, 0.1) is 5.92 Å². The molecule has 1 aliphatic rings. The van der Waals surface area contributed by atoms with E-state index in [4.69, 9.17) is 4.74 Å². The molecule has 0 aliphatic carbocycles. The van der Waals surface area contributed by atoms with E-state index in [-0.39, 0.29) is 0 Å². The van der Waals surface area contributed by atoms with E-state index in [1.165, 1.54) is 12.0 Å². The summed E-state index contributed by atoms with van der Waals surface area (Å²) in [4.78, 5) is 0. The molecule has 0 radical (unpaired) electrons. The molecule has 0 saturated carbocycles. The summed E-state index contributed by atoms with van der Waals surface area (Å²) in [5.41, 5.74) is 1.28. The number of rotatable bonds is 6. The molecule has 106 valence electrons. The topological polar surface area (TPSA) is 41.5 Å². The highest BCUT2D eigenvalue weighted by atomic mass is 16.5. The summed E-state index contributed by atoms with van der Waals surface area (Å²) in [5, 5.41) is 12.9. The lowest BCUT2D eigenvalue weighted by Crippen LogP contribution is -2.40. The van der Waals surface area contributed by atoms with Crippen molar-refractivity contribution in [2.45, 2.75) is 45.2 Å². The number of hydrogen-bond acceptors (Lipinski definition) is 3. The fraction of sp³-hybridized carbons (Fsp3) is 0.625. The Hall–Kier alpha value is -1.06. The van der Waals surface area contributed by atoms with Crippen LogP contribution in [0.2, 0.25) is 0 Å². The minimum Gasteiger partial charge on any atom is -0.508 e. The zero-order valence-electron chi connectivity index (χ0n) is 11.9. The van der Waals surface area contributed by atoms with Crippen LogP contribution in [0.15, 0.2) is 24.3 Å². The number of aromatic hydroxyl groups is 1. The van der Waals surface area contributed by atoms with Gasteiger partial charge in [0.2, 0.25) is 0 Å². The third-order valence-electron chi connectivity index (χ3n) is 4.02. The number of phenols is 1. The molecule has 3 heteroatoms. The Kier molecular flexibility index (Phi) is 5.23. The van der Waals surface area contributed by atoms with Crippen molar-refractivity contribution in [1.82, 2.24) is 5.32 Å². The van der Waals surface area contributed by atoms with Gasteiger partial charge in [0.05, 0.1) is 6.61 Å². The highest BCUT2D eigenvalue weighted by Gasteiger charge is 2.22. The second-order valence-electron chi connectivity index (χ2n) is 5.69. The van der Waals surface area contributed by atoms with Crippen molar-refractivity contribution in [3.63, 3.8) is 0 Å². The van der Waals surface area contributed by atoms with Crippen LogP contribution in [0.3, 0.4) is 0 Å². The summed E-state index contributed by atoms with van der Waals surface area (Å²) in [7, 11) is 0. The molecule has 1 aromatic carbocycles. The quantitative estimate of drug-likeness (QED) is 0.829. The van der Waals surface area contributed by atoms with Crippen molar-refractivity contribution in [1.29, 1.82) is 0 Å². The van der Waals surface area contributed by atoms with Gasteiger partial charge in [-0.2, -0.15) is 0 Å². The van der Waals surface area contributed by atoms with E-state index >= 15 is 0 Å². The van der Waals surface area contributed by atoms with Crippen molar-refractivity contribution >= 4 is 0 Å². The van der Waals surface area contributed by atoms with E-state index in [0.29, 0.717) is 23.8 Å². The van der Waals surface area contributed by atoms with Crippen molar-refractivity contribution in [2.24, 2.45) is 5.92 Å². The average Bonchev–Trinajstić information content (AvgIpc) is 2.92. The summed E-state index contributed by atoms with van der Waals surface area (Å²) in [6, 6.07) is 8.53. The van der Waals surface area contributed by atoms with Crippen LogP contribution in [-0.2, 0) is 11.2 Å². The van der Waals surface area contributed by atoms with Crippen molar-refractivity contribution < 1.29 is 9.84 Å². The Morgan fingerprint density at radius 2 is 2.05 bits per heavy atom. The highest BCUT2D eigenvalue weighted by Crippen LogP contribution is 2.17. The highest BCUT2D eigenvalue weighted by molar-refractivity contribution is 5.25. The van der Waals surface area contributed by atoms with Crippen molar-refractivity contribution in [3.05, 3.63) is 29.8 Å². The predicted octanol–water partition coefficient (Wildman–Crippen LogP) is 2.73. The van der Waals surface area contributed by atoms with E-state index in [0.717, 1.165) is 26.1 Å². The lowest BCUT2D eigenvalue weighted by Gasteiger charge is -2.24. The number of phenolic OH excluding ortho intramolecular Hbond substituents is 1. The largest absolute Gasteiger partial charge is 0.508 e. The number of hydrogen-bond donors (Lipinski definition) is 2. The smallest absolute Gasteiger partial charge is 0.115 e. The Balaban J connectivity index is 1.71. The lowest BCUT2D eigenvalue weighted by molar-refractivity contribution is 0.176. The van der Waals surface area contributed by atoms with E-state index in [2.05, 4.69) is 19.2 Å². The zero-order valence-corrected chi connectivity index (χ0v) is 11.9. The van der Waals surface area contributed by atoms with Crippen LogP contribution in [0.1, 0.15) is 32.3 Å². The van der Waals surface area contributed by atoms with E-state index in [1.807, 2.05) is 12.1 Å². The first-order valence-corrected chi connectivity index (χ1v) is 7.27. The van der Waals surface area contributed by atoms with Gasteiger partial charge in [0, 0.05) is 18.7 Å². The molecule has 3 atom stereocenters. The molecule has 3 nitrogen and oxygen atoms in total. The fourth-order valence-corrected chi connectivity index (χ4v) is 2.66. The normalized spacial score (nSPS) is 22.3. The van der Waals surface area contributed by atoms with Gasteiger partial charge in [-0.1, -0.05) is 12.1 Å². The second kappa shape index (κ2) is 6.92. The summed E-state index contributed by atoms with van der Waals surface area (Å²) in [5.74, 6) is 1.00. The molecule has 19 heavy (non-hydrogen) atoms. The van der Waals surface area contributed by atoms with Gasteiger partial charge < -0.3 is 15.2 Å². The van der Waals surface area contributed by atoms with Crippen LogP contribution in [0.5, 0.6) is 5.75 Å². The molecule has 0 bridgehead atoms. The first-order valence-electron chi connectivity index (χ1n) is 7.27. The van der Waals surface area contributed by atoms with E-state index in [9.17, 15) is 5.11 Å². The van der Waals surface area contributed by atoms with Gasteiger partial charge in [0.15, 0.2) is 0 Å². The van der Waals surface area contributed by atoms with Crippen LogP contribution in [0.4, 0.5) is 0 Å². The maximum absolute atomic E-state index is 9.25. The minimum atomic E-state index is 0.338. The van der Waals surface area contributed by atoms with E-state index < -0.39 is 0 Å². The minimum absolute atomic E-state index is 0.338. The zero-order chi connectivity index (χ0) is 13.7. The molecule has 1 heterocycles. The van der Waals surface area contributed by atoms with Gasteiger partial charge in [-0.3, -0.25) is 0 Å². The third kappa shape index (κ3) is 4.51. The van der Waals surface area contributed by atoms with Crippen molar-refractivity contribution in [3.8, 4) is 5.75 Å². The standard InChI is InChI=1S/C16H25NO2/c1-12(17-13(2)15-9-10-19-11-15)3-4-14-5-7-16(18)8-6-14/h5-8,12-13,15,17-18H,3-4,9-11H2,1-2H3. The second-order valence-corrected chi connectivity index (χ2v) is 5.69. The summed E-state index contributed by atoms with van der Waals surface area (Å²) < 4.78 is 5.44. The SMILES string of the molecule is CC(CCc1ccc(O)cc1)NC(C)C1CCOC1. The Labute approximate surface area is 116 Å². The molecule has 1 saturated heterocycles. The third-order valence-corrected chi connectivity index (χ3v) is 4.02. The van der Waals surface area contributed by atoms with Gasteiger partial charge in [-0.25, -0.2) is 0 Å². The maximum atomic E-state index is 9.25. The molecule has 1 aromatic rings. The Morgan fingerprint density at radius 3 is 2.68 bits per heavy atom. The van der Waals surface area contributed by atoms with Gasteiger partial charge in [-0.05, 0) is 56.7 Å². The molecule has 0 aromatic heterocycles. The summed E-state index contributed by atoms with van der Waals surface area (Å²) in [6.07, 6.45) is 3.34. The van der Waals surface area contributed by atoms with Crippen LogP contribution >= 0.6 is 0 Å². The molecular weight excluding hydrogens is 238 g/mol. The molecule has 2 N–H and O–H groups in total. The first kappa shape index (κ1) is 14.4. The molecule has 1 fully saturated rings. The van der Waals surface area contributed by atoms with Gasteiger partial charge in [0.25, 0.3) is 0 Å². The fourth-order valence-electron chi connectivity index (χ4n) is 2.66. The molecule has 3 unspecified atom stereocenters. The molecular formula is C16H25NO2. The predicted molar refractivity (Wildman–Crippen MR) is 77.4 cm³/mol. The summed E-state index contributed by atoms with van der Waals surface area (Å²) >= 11 is 0. The van der Waals surface area contributed by atoms with Crippen molar-refractivity contribution in [2.75, 3.05) is 13.2 Å². The van der Waals surface area contributed by atoms with Gasteiger partial charge >= 0.3 is 0 Å². The number of benzene rings is 1. The van der Waals surface area contributed by atoms with Crippen LogP contribution in [-0.4, -0.2) is 30.4 Å². The monoisotopic (exact) mass is 263 g/mol. The summed E-state index contributed by atoms with van der Waals surface area (Å²) in [6.45, 7) is 6.32. The molecule has 2 rings (SSSR count). The molecule has 1 aliphatic heterocycles. The lowest BCUT2D eigenvalue weighted by atomic mass is 9.98. The first-order chi connectivity index (χ1) is 9.15. The average molecular weight is 263 g/mol. The Morgan fingerprint density at radius 1 is 1.32 bits per heavy atom.